The number of ether oxygens (including phenoxy) is 1. The zero-order chi connectivity index (χ0) is 19.7. The summed E-state index contributed by atoms with van der Waals surface area (Å²) in [5.41, 5.74) is 3.34. The molecule has 1 aromatic heterocycles. The van der Waals surface area contributed by atoms with E-state index in [1.54, 1.807) is 14.2 Å². The van der Waals surface area contributed by atoms with Crippen molar-refractivity contribution in [2.45, 2.75) is 12.6 Å². The van der Waals surface area contributed by atoms with Crippen molar-refractivity contribution in [1.82, 2.24) is 9.47 Å². The summed E-state index contributed by atoms with van der Waals surface area (Å²) in [5.74, 6) is 0.495. The van der Waals surface area contributed by atoms with Crippen LogP contribution in [0.2, 0.25) is 0 Å². The number of aryl methyl sites for hydroxylation is 1. The fourth-order valence-electron chi connectivity index (χ4n) is 3.80. The molecule has 2 heterocycles. The number of nitrogens with zero attached hydrogens (tertiary/aromatic N) is 3. The van der Waals surface area contributed by atoms with Gasteiger partial charge < -0.3 is 19.2 Å². The van der Waals surface area contributed by atoms with Crippen LogP contribution in [0.3, 0.4) is 0 Å². The van der Waals surface area contributed by atoms with Gasteiger partial charge in [0.05, 0.1) is 18.3 Å². The Morgan fingerprint density at radius 2 is 1.89 bits per heavy atom. The molecule has 4 rings (SSSR count). The highest BCUT2D eigenvalue weighted by Gasteiger charge is 2.24. The first-order chi connectivity index (χ1) is 13.6. The van der Waals surface area contributed by atoms with Crippen LogP contribution < -0.4 is 15.4 Å². The third-order valence-electron chi connectivity index (χ3n) is 5.44. The number of aliphatic hydroxyl groups excluding tert-OH is 1. The van der Waals surface area contributed by atoms with Crippen molar-refractivity contribution in [3.8, 4) is 5.75 Å². The predicted molar refractivity (Wildman–Crippen MR) is 108 cm³/mol. The second-order valence-electron chi connectivity index (χ2n) is 7.11. The molecule has 148 valence electrons. The third-order valence-corrected chi connectivity index (χ3v) is 5.44. The summed E-state index contributed by atoms with van der Waals surface area (Å²) in [6.07, 6.45) is -0.0869. The van der Waals surface area contributed by atoms with E-state index in [1.165, 1.54) is 4.57 Å². The number of rotatable bonds is 5. The number of aromatic nitrogens is 1. The molecule has 1 unspecified atom stereocenters. The fraction of sp³-hybridized carbons (Fsp3) is 0.381. The molecule has 1 atom stereocenters. The molecule has 7 nitrogen and oxygen atoms in total. The first kappa shape index (κ1) is 18.6. The Labute approximate surface area is 163 Å². The topological polar surface area (TPSA) is 71.1 Å². The smallest absolute Gasteiger partial charge is 0.419 e. The van der Waals surface area contributed by atoms with E-state index in [9.17, 15) is 9.90 Å². The molecule has 0 amide bonds. The van der Waals surface area contributed by atoms with Crippen LogP contribution in [0.15, 0.2) is 51.7 Å². The number of fused-ring (bicyclic) bond motifs is 1. The Balaban J connectivity index is 1.40. The minimum atomic E-state index is -0.576. The standard InChI is InChI=1S/C21H25N3O4/c1-22-16-8-7-15(13-19(16)28-21(22)26)14-20(25)24-11-9-23(10-12-24)17-5-3-4-6-18(17)27-2/h3-8,13,20,25H,9-12,14H2,1-2H3. The summed E-state index contributed by atoms with van der Waals surface area (Å²) in [4.78, 5) is 16.0. The monoisotopic (exact) mass is 383 g/mol. The molecule has 2 aromatic carbocycles. The van der Waals surface area contributed by atoms with Gasteiger partial charge >= 0.3 is 5.76 Å². The van der Waals surface area contributed by atoms with Crippen molar-refractivity contribution < 1.29 is 14.3 Å². The van der Waals surface area contributed by atoms with Gasteiger partial charge in [-0.05, 0) is 29.8 Å². The van der Waals surface area contributed by atoms with Gasteiger partial charge in [0.25, 0.3) is 0 Å². The molecule has 1 fully saturated rings. The van der Waals surface area contributed by atoms with E-state index in [0.29, 0.717) is 12.0 Å². The average molecular weight is 383 g/mol. The molecule has 0 bridgehead atoms. The average Bonchev–Trinajstić information content (AvgIpc) is 3.01. The normalized spacial score (nSPS) is 16.5. The molecule has 1 aliphatic heterocycles. The third kappa shape index (κ3) is 3.50. The molecule has 1 saturated heterocycles. The Bertz CT molecular complexity index is 1020. The van der Waals surface area contributed by atoms with Gasteiger partial charge in [0.2, 0.25) is 0 Å². The summed E-state index contributed by atoms with van der Waals surface area (Å²) in [7, 11) is 3.37. The molecular weight excluding hydrogens is 358 g/mol. The van der Waals surface area contributed by atoms with E-state index in [1.807, 2.05) is 36.4 Å². The van der Waals surface area contributed by atoms with E-state index in [4.69, 9.17) is 9.15 Å². The number of piperazine rings is 1. The Kier molecular flexibility index (Phi) is 5.11. The molecule has 1 aliphatic rings. The number of oxazole rings is 1. The largest absolute Gasteiger partial charge is 0.495 e. The van der Waals surface area contributed by atoms with E-state index in [0.717, 1.165) is 48.7 Å². The van der Waals surface area contributed by atoms with Crippen LogP contribution in [0.25, 0.3) is 11.1 Å². The molecule has 7 heteroatoms. The second-order valence-corrected chi connectivity index (χ2v) is 7.11. The van der Waals surface area contributed by atoms with Gasteiger partial charge in [0, 0.05) is 39.6 Å². The number of anilines is 1. The molecule has 0 saturated carbocycles. The van der Waals surface area contributed by atoms with Crippen LogP contribution in [-0.4, -0.2) is 54.1 Å². The number of aliphatic hydroxyl groups is 1. The van der Waals surface area contributed by atoms with Crippen LogP contribution in [-0.2, 0) is 13.5 Å². The molecular formula is C21H25N3O4. The van der Waals surface area contributed by atoms with Crippen molar-refractivity contribution in [1.29, 1.82) is 0 Å². The molecule has 3 aromatic rings. The summed E-state index contributed by atoms with van der Waals surface area (Å²) in [6.45, 7) is 3.18. The number of methoxy groups -OCH3 is 1. The van der Waals surface area contributed by atoms with Crippen LogP contribution in [0.4, 0.5) is 5.69 Å². The summed E-state index contributed by atoms with van der Waals surface area (Å²) in [5, 5.41) is 10.7. The zero-order valence-corrected chi connectivity index (χ0v) is 16.2. The fourth-order valence-corrected chi connectivity index (χ4v) is 3.80. The van der Waals surface area contributed by atoms with Crippen molar-refractivity contribution >= 4 is 16.8 Å². The second kappa shape index (κ2) is 7.69. The molecule has 28 heavy (non-hydrogen) atoms. The molecule has 0 aliphatic carbocycles. The van der Waals surface area contributed by atoms with Crippen LogP contribution in [0, 0.1) is 0 Å². The Morgan fingerprint density at radius 1 is 1.14 bits per heavy atom. The SMILES string of the molecule is COc1ccccc1N1CCN(C(O)Cc2ccc3c(c2)oc(=O)n3C)CC1. The first-order valence-corrected chi connectivity index (χ1v) is 9.45. The van der Waals surface area contributed by atoms with Crippen LogP contribution in [0.1, 0.15) is 5.56 Å². The van der Waals surface area contributed by atoms with Gasteiger partial charge in [-0.2, -0.15) is 0 Å². The summed E-state index contributed by atoms with van der Waals surface area (Å²) >= 11 is 0. The predicted octanol–water partition coefficient (Wildman–Crippen LogP) is 1.82. The van der Waals surface area contributed by atoms with Crippen LogP contribution >= 0.6 is 0 Å². The summed E-state index contributed by atoms with van der Waals surface area (Å²) < 4.78 is 12.2. The van der Waals surface area contributed by atoms with Gasteiger partial charge in [0.15, 0.2) is 5.58 Å². The van der Waals surface area contributed by atoms with Crippen molar-refractivity contribution in [3.63, 3.8) is 0 Å². The lowest BCUT2D eigenvalue weighted by atomic mass is 10.1. The lowest BCUT2D eigenvalue weighted by Gasteiger charge is -2.38. The minimum absolute atomic E-state index is 0.375. The highest BCUT2D eigenvalue weighted by Crippen LogP contribution is 2.28. The molecule has 0 radical (unpaired) electrons. The van der Waals surface area contributed by atoms with Gasteiger partial charge in [0.1, 0.15) is 12.0 Å². The maximum absolute atomic E-state index is 11.6. The maximum Gasteiger partial charge on any atom is 0.419 e. The van der Waals surface area contributed by atoms with Gasteiger partial charge in [-0.25, -0.2) is 4.79 Å². The van der Waals surface area contributed by atoms with Crippen molar-refractivity contribution in [2.75, 3.05) is 38.2 Å². The number of para-hydroxylation sites is 2. The molecule has 0 spiro atoms. The van der Waals surface area contributed by atoms with E-state index >= 15 is 0 Å². The van der Waals surface area contributed by atoms with Crippen molar-refractivity contribution in [3.05, 3.63) is 58.6 Å². The van der Waals surface area contributed by atoms with Crippen LogP contribution in [0.5, 0.6) is 5.75 Å². The molecule has 1 N–H and O–H groups in total. The minimum Gasteiger partial charge on any atom is -0.495 e. The zero-order valence-electron chi connectivity index (χ0n) is 16.2. The van der Waals surface area contributed by atoms with Crippen molar-refractivity contribution in [2.24, 2.45) is 7.05 Å². The quantitative estimate of drug-likeness (QED) is 0.725. The van der Waals surface area contributed by atoms with E-state index < -0.39 is 6.23 Å². The Morgan fingerprint density at radius 3 is 2.64 bits per heavy atom. The van der Waals surface area contributed by atoms with Gasteiger partial charge in [-0.1, -0.05) is 18.2 Å². The van der Waals surface area contributed by atoms with E-state index in [-0.39, 0.29) is 5.76 Å². The highest BCUT2D eigenvalue weighted by atomic mass is 16.5. The van der Waals surface area contributed by atoms with E-state index in [2.05, 4.69) is 15.9 Å². The maximum atomic E-state index is 11.6. The van der Waals surface area contributed by atoms with Gasteiger partial charge in [-0.3, -0.25) is 9.47 Å². The van der Waals surface area contributed by atoms with Gasteiger partial charge in [-0.15, -0.1) is 0 Å². The lowest BCUT2D eigenvalue weighted by molar-refractivity contribution is 0.00109. The Hall–Kier alpha value is -2.77. The number of benzene rings is 2. The first-order valence-electron chi connectivity index (χ1n) is 9.45. The number of hydrogen-bond donors (Lipinski definition) is 1. The highest BCUT2D eigenvalue weighted by molar-refractivity contribution is 5.73. The summed E-state index contributed by atoms with van der Waals surface area (Å²) in [6, 6.07) is 13.6. The number of hydrogen-bond acceptors (Lipinski definition) is 6. The lowest BCUT2D eigenvalue weighted by Crippen LogP contribution is -2.51.